The molecule has 29 heavy (non-hydrogen) atoms. The van der Waals surface area contributed by atoms with E-state index in [0.717, 1.165) is 16.5 Å². The molecule has 0 fully saturated rings. The number of tetrazole rings is 1. The van der Waals surface area contributed by atoms with Crippen LogP contribution in [0.3, 0.4) is 0 Å². The number of nitrogens with one attached hydrogen (secondary N) is 2. The van der Waals surface area contributed by atoms with Crippen LogP contribution in [0.2, 0.25) is 0 Å². The molecule has 0 saturated heterocycles. The Morgan fingerprint density at radius 3 is 2.72 bits per heavy atom. The number of anilines is 1. The van der Waals surface area contributed by atoms with Crippen LogP contribution in [0.1, 0.15) is 11.1 Å². The number of halogens is 4. The molecule has 0 radical (unpaired) electrons. The van der Waals surface area contributed by atoms with Crippen LogP contribution in [0.4, 0.5) is 18.9 Å². The summed E-state index contributed by atoms with van der Waals surface area (Å²) in [6.45, 7) is 2.37. The molecule has 150 valence electrons. The molecule has 0 unspecified atom stereocenters. The average molecular weight is 468 g/mol. The van der Waals surface area contributed by atoms with Crippen molar-refractivity contribution in [2.45, 2.75) is 19.8 Å². The Hall–Kier alpha value is -3.08. The lowest BCUT2D eigenvalue weighted by atomic mass is 10.1. The van der Waals surface area contributed by atoms with E-state index in [1.807, 2.05) is 25.1 Å². The van der Waals surface area contributed by atoms with Crippen molar-refractivity contribution in [1.29, 1.82) is 0 Å². The predicted molar refractivity (Wildman–Crippen MR) is 102 cm³/mol. The van der Waals surface area contributed by atoms with Crippen LogP contribution in [0.25, 0.3) is 22.6 Å². The van der Waals surface area contributed by atoms with Gasteiger partial charge in [0.25, 0.3) is 0 Å². The lowest BCUT2D eigenvalue weighted by molar-refractivity contribution is -0.274. The van der Waals surface area contributed by atoms with Gasteiger partial charge in [-0.15, -0.1) is 18.3 Å². The SMILES string of the molecule is Cc1c(-c2nnn[nH]2)oc2cc(CNc3ccc(OC(F)(F)F)c(Br)c3)ccc12. The fourth-order valence-corrected chi connectivity index (χ4v) is 3.34. The standard InChI is InChI=1S/C18H13BrF3N5O2/c1-9-12-4-2-10(6-15(12)28-16(9)17-24-26-27-25-17)8-23-11-3-5-14(13(19)7-11)29-18(20,21)22/h2-7,23H,8H2,1H3,(H,24,25,26,27). The van der Waals surface area contributed by atoms with E-state index < -0.39 is 6.36 Å². The van der Waals surface area contributed by atoms with Crippen LogP contribution in [0.5, 0.6) is 5.75 Å². The maximum atomic E-state index is 12.4. The molecule has 4 rings (SSSR count). The molecule has 2 N–H and O–H groups in total. The Kier molecular flexibility index (Phi) is 4.91. The Morgan fingerprint density at radius 1 is 1.21 bits per heavy atom. The van der Waals surface area contributed by atoms with Crippen LogP contribution in [-0.2, 0) is 6.54 Å². The zero-order valence-electron chi connectivity index (χ0n) is 14.8. The fraction of sp³-hybridized carbons (Fsp3) is 0.167. The Morgan fingerprint density at radius 2 is 2.03 bits per heavy atom. The lowest BCUT2D eigenvalue weighted by Crippen LogP contribution is -2.17. The van der Waals surface area contributed by atoms with Gasteiger partial charge in [-0.25, -0.2) is 5.10 Å². The molecule has 11 heteroatoms. The highest BCUT2D eigenvalue weighted by Crippen LogP contribution is 2.33. The minimum absolute atomic E-state index is 0.197. The van der Waals surface area contributed by atoms with Gasteiger partial charge in [-0.1, -0.05) is 12.1 Å². The van der Waals surface area contributed by atoms with Crippen LogP contribution in [-0.4, -0.2) is 27.0 Å². The highest BCUT2D eigenvalue weighted by Gasteiger charge is 2.31. The molecule has 0 atom stereocenters. The third kappa shape index (κ3) is 4.19. The molecule has 0 saturated carbocycles. The van der Waals surface area contributed by atoms with E-state index in [2.05, 4.69) is 46.6 Å². The highest BCUT2D eigenvalue weighted by atomic mass is 79.9. The zero-order chi connectivity index (χ0) is 20.6. The van der Waals surface area contributed by atoms with Gasteiger partial charge in [0.15, 0.2) is 5.76 Å². The van der Waals surface area contributed by atoms with E-state index in [-0.39, 0.29) is 10.2 Å². The van der Waals surface area contributed by atoms with E-state index in [0.29, 0.717) is 29.4 Å². The second-order valence-corrected chi connectivity index (χ2v) is 7.04. The molecule has 0 spiro atoms. The number of ether oxygens (including phenoxy) is 1. The number of H-pyrrole nitrogens is 1. The summed E-state index contributed by atoms with van der Waals surface area (Å²) in [5.41, 5.74) is 3.17. The van der Waals surface area contributed by atoms with Gasteiger partial charge in [0.1, 0.15) is 11.3 Å². The van der Waals surface area contributed by atoms with Crippen molar-refractivity contribution in [3.8, 4) is 17.3 Å². The van der Waals surface area contributed by atoms with Crippen LogP contribution < -0.4 is 10.1 Å². The van der Waals surface area contributed by atoms with Crippen molar-refractivity contribution in [2.24, 2.45) is 0 Å². The van der Waals surface area contributed by atoms with Gasteiger partial charge in [-0.05, 0) is 63.1 Å². The number of hydrogen-bond acceptors (Lipinski definition) is 6. The summed E-state index contributed by atoms with van der Waals surface area (Å²) in [6.07, 6.45) is -4.74. The molecule has 0 aliphatic rings. The number of fused-ring (bicyclic) bond motifs is 1. The second-order valence-electron chi connectivity index (χ2n) is 6.18. The first-order chi connectivity index (χ1) is 13.8. The van der Waals surface area contributed by atoms with Gasteiger partial charge in [-0.3, -0.25) is 0 Å². The largest absolute Gasteiger partial charge is 0.573 e. The molecule has 4 aromatic rings. The summed E-state index contributed by atoms with van der Waals surface area (Å²) in [5.74, 6) is 0.716. The van der Waals surface area contributed by atoms with Crippen molar-refractivity contribution < 1.29 is 22.3 Å². The third-order valence-electron chi connectivity index (χ3n) is 4.22. The molecule has 0 aliphatic carbocycles. The summed E-state index contributed by atoms with van der Waals surface area (Å²) < 4.78 is 47.1. The van der Waals surface area contributed by atoms with Gasteiger partial charge in [0.2, 0.25) is 5.82 Å². The summed E-state index contributed by atoms with van der Waals surface area (Å²) in [7, 11) is 0. The van der Waals surface area contributed by atoms with E-state index in [1.165, 1.54) is 18.2 Å². The first-order valence-electron chi connectivity index (χ1n) is 8.35. The summed E-state index contributed by atoms with van der Waals surface area (Å²) in [4.78, 5) is 0. The molecule has 0 bridgehead atoms. The van der Waals surface area contributed by atoms with Crippen LogP contribution in [0.15, 0.2) is 45.3 Å². The molecule has 2 aromatic heterocycles. The maximum absolute atomic E-state index is 12.4. The molecule has 2 aromatic carbocycles. The average Bonchev–Trinajstić information content (AvgIpc) is 3.29. The number of furan rings is 1. The summed E-state index contributed by atoms with van der Waals surface area (Å²) in [5, 5.41) is 17.8. The minimum Gasteiger partial charge on any atom is -0.452 e. The van der Waals surface area contributed by atoms with E-state index >= 15 is 0 Å². The topological polar surface area (TPSA) is 88.9 Å². The summed E-state index contributed by atoms with van der Waals surface area (Å²) in [6, 6.07) is 10.0. The van der Waals surface area contributed by atoms with Crippen molar-refractivity contribution in [3.63, 3.8) is 0 Å². The quantitative estimate of drug-likeness (QED) is 0.419. The minimum atomic E-state index is -4.74. The monoisotopic (exact) mass is 467 g/mol. The van der Waals surface area contributed by atoms with Gasteiger partial charge in [-0.2, -0.15) is 0 Å². The maximum Gasteiger partial charge on any atom is 0.573 e. The smallest absolute Gasteiger partial charge is 0.452 e. The Labute approximate surface area is 170 Å². The normalized spacial score (nSPS) is 11.8. The fourth-order valence-electron chi connectivity index (χ4n) is 2.88. The first-order valence-corrected chi connectivity index (χ1v) is 9.15. The van der Waals surface area contributed by atoms with E-state index in [1.54, 1.807) is 0 Å². The number of benzene rings is 2. The second kappa shape index (κ2) is 7.39. The number of aromatic amines is 1. The number of hydrogen-bond donors (Lipinski definition) is 2. The molecule has 2 heterocycles. The molecule has 7 nitrogen and oxygen atoms in total. The van der Waals surface area contributed by atoms with Gasteiger partial charge in [0, 0.05) is 23.2 Å². The highest BCUT2D eigenvalue weighted by molar-refractivity contribution is 9.10. The molecular formula is C18H13BrF3N5O2. The number of aryl methyl sites for hydroxylation is 1. The zero-order valence-corrected chi connectivity index (χ0v) is 16.4. The number of nitrogens with zero attached hydrogens (tertiary/aromatic N) is 3. The summed E-state index contributed by atoms with van der Waals surface area (Å²) >= 11 is 3.09. The predicted octanol–water partition coefficient (Wildman–Crippen LogP) is 5.19. The van der Waals surface area contributed by atoms with Crippen molar-refractivity contribution in [1.82, 2.24) is 20.6 Å². The van der Waals surface area contributed by atoms with Crippen LogP contribution >= 0.6 is 15.9 Å². The van der Waals surface area contributed by atoms with Gasteiger partial charge < -0.3 is 14.5 Å². The van der Waals surface area contributed by atoms with Crippen molar-refractivity contribution in [2.75, 3.05) is 5.32 Å². The molecular weight excluding hydrogens is 455 g/mol. The van der Waals surface area contributed by atoms with Crippen molar-refractivity contribution in [3.05, 3.63) is 52.0 Å². The van der Waals surface area contributed by atoms with Crippen molar-refractivity contribution >= 4 is 32.6 Å². The lowest BCUT2D eigenvalue weighted by Gasteiger charge is -2.12. The Balaban J connectivity index is 1.51. The number of alkyl halides is 3. The number of rotatable bonds is 5. The Bertz CT molecular complexity index is 1160. The first kappa shape index (κ1) is 19.2. The van der Waals surface area contributed by atoms with Gasteiger partial charge in [0.05, 0.1) is 4.47 Å². The molecule has 0 amide bonds. The third-order valence-corrected chi connectivity index (χ3v) is 4.84. The van der Waals surface area contributed by atoms with Gasteiger partial charge >= 0.3 is 6.36 Å². The van der Waals surface area contributed by atoms with E-state index in [4.69, 9.17) is 4.42 Å². The molecule has 0 aliphatic heterocycles. The van der Waals surface area contributed by atoms with Crippen LogP contribution in [0, 0.1) is 6.92 Å². The number of aromatic nitrogens is 4. The van der Waals surface area contributed by atoms with E-state index in [9.17, 15) is 13.2 Å².